The predicted octanol–water partition coefficient (Wildman–Crippen LogP) is 1.79. The van der Waals surface area contributed by atoms with Crippen LogP contribution < -0.4 is 5.73 Å². The molecular weight excluding hydrogens is 181 g/mol. The van der Waals surface area contributed by atoms with E-state index in [1.54, 1.807) is 18.3 Å². The van der Waals surface area contributed by atoms with Crippen LogP contribution in [0.25, 0.3) is 10.9 Å². The highest BCUT2D eigenvalue weighted by Crippen LogP contribution is 2.21. The molecule has 0 saturated carbocycles. The number of fused-ring (bicyclic) bond motifs is 1. The van der Waals surface area contributed by atoms with Crippen LogP contribution >= 0.6 is 0 Å². The Morgan fingerprint density at radius 3 is 3.00 bits per heavy atom. The Labute approximate surface area is 80.2 Å². The summed E-state index contributed by atoms with van der Waals surface area (Å²) in [5, 5.41) is 7.69. The van der Waals surface area contributed by atoms with Gasteiger partial charge in [-0.2, -0.15) is 0 Å². The predicted molar refractivity (Wildman–Crippen MR) is 53.9 cm³/mol. The van der Waals surface area contributed by atoms with Gasteiger partial charge in [0.05, 0.1) is 5.84 Å². The molecule has 0 aliphatic heterocycles. The van der Waals surface area contributed by atoms with Crippen molar-refractivity contribution < 1.29 is 4.39 Å². The summed E-state index contributed by atoms with van der Waals surface area (Å²) in [6, 6.07) is 4.84. The molecule has 0 fully saturated rings. The molecule has 0 atom stereocenters. The first-order chi connectivity index (χ1) is 6.68. The Bertz CT molecular complexity index is 487. The summed E-state index contributed by atoms with van der Waals surface area (Å²) in [6.45, 7) is 0. The number of aromatic amines is 1. The van der Waals surface area contributed by atoms with Crippen LogP contribution in [0.4, 0.5) is 4.39 Å². The number of nitrogens with two attached hydrogens (primary N) is 1. The van der Waals surface area contributed by atoms with E-state index >= 15 is 0 Å². The number of benzene rings is 1. The molecule has 0 aliphatic rings. The van der Waals surface area contributed by atoms with Crippen LogP contribution in [0.1, 0.15) is 5.56 Å². The maximum Gasteiger partial charge on any atom is 0.132 e. The normalized spacial score (nSPS) is 10.6. The van der Waals surface area contributed by atoms with E-state index in [-0.39, 0.29) is 18.1 Å². The van der Waals surface area contributed by atoms with Gasteiger partial charge in [0.15, 0.2) is 0 Å². The Kier molecular flexibility index (Phi) is 1.96. The highest BCUT2D eigenvalue weighted by atomic mass is 19.1. The van der Waals surface area contributed by atoms with E-state index in [1.165, 1.54) is 6.07 Å². The number of H-pyrrole nitrogens is 1. The summed E-state index contributed by atoms with van der Waals surface area (Å²) in [7, 11) is 0. The lowest BCUT2D eigenvalue weighted by atomic mass is 10.1. The van der Waals surface area contributed by atoms with Gasteiger partial charge >= 0.3 is 0 Å². The summed E-state index contributed by atoms with van der Waals surface area (Å²) < 4.78 is 13.4. The molecule has 4 N–H and O–H groups in total. The Hall–Kier alpha value is -1.84. The smallest absolute Gasteiger partial charge is 0.132 e. The average Bonchev–Trinajstić information content (AvgIpc) is 2.49. The van der Waals surface area contributed by atoms with Gasteiger partial charge in [-0.15, -0.1) is 0 Å². The molecule has 0 bridgehead atoms. The molecule has 0 radical (unpaired) electrons. The van der Waals surface area contributed by atoms with Crippen molar-refractivity contribution in [2.24, 2.45) is 5.73 Å². The fourth-order valence-corrected chi connectivity index (χ4v) is 1.55. The molecule has 0 amide bonds. The van der Waals surface area contributed by atoms with Gasteiger partial charge < -0.3 is 10.7 Å². The van der Waals surface area contributed by atoms with Crippen LogP contribution in [0, 0.1) is 11.2 Å². The summed E-state index contributed by atoms with van der Waals surface area (Å²) >= 11 is 0. The van der Waals surface area contributed by atoms with Crippen LogP contribution in [0.15, 0.2) is 24.4 Å². The molecule has 0 unspecified atom stereocenters. The molecular formula is C10H10FN3. The van der Waals surface area contributed by atoms with Crippen molar-refractivity contribution in [2.45, 2.75) is 6.42 Å². The summed E-state index contributed by atoms with van der Waals surface area (Å²) in [5.74, 6) is -0.242. The molecule has 0 spiro atoms. The number of rotatable bonds is 2. The molecule has 1 aromatic heterocycles. The monoisotopic (exact) mass is 191 g/mol. The van der Waals surface area contributed by atoms with Crippen molar-refractivity contribution >= 4 is 16.7 Å². The zero-order valence-corrected chi connectivity index (χ0v) is 7.47. The minimum Gasteiger partial charge on any atom is -0.387 e. The summed E-state index contributed by atoms with van der Waals surface area (Å²) in [4.78, 5) is 2.94. The van der Waals surface area contributed by atoms with E-state index in [0.717, 1.165) is 11.1 Å². The van der Waals surface area contributed by atoms with E-state index < -0.39 is 0 Å². The van der Waals surface area contributed by atoms with Crippen molar-refractivity contribution in [1.29, 1.82) is 5.41 Å². The van der Waals surface area contributed by atoms with Crippen molar-refractivity contribution in [3.8, 4) is 0 Å². The van der Waals surface area contributed by atoms with Crippen molar-refractivity contribution in [3.63, 3.8) is 0 Å². The standard InChI is InChI=1S/C10H10FN3/c11-7-2-1-3-8-10(7)6(5-14-8)4-9(12)13/h1-3,5,14H,4H2,(H3,12,13). The average molecular weight is 191 g/mol. The zero-order chi connectivity index (χ0) is 10.1. The lowest BCUT2D eigenvalue weighted by molar-refractivity contribution is 0.639. The number of amidine groups is 1. The van der Waals surface area contributed by atoms with Gasteiger partial charge in [0, 0.05) is 23.5 Å². The lowest BCUT2D eigenvalue weighted by Crippen LogP contribution is -2.12. The molecule has 1 heterocycles. The molecule has 4 heteroatoms. The van der Waals surface area contributed by atoms with Crippen molar-refractivity contribution in [3.05, 3.63) is 35.8 Å². The fourth-order valence-electron chi connectivity index (χ4n) is 1.55. The quantitative estimate of drug-likeness (QED) is 0.491. The highest BCUT2D eigenvalue weighted by molar-refractivity contribution is 5.89. The van der Waals surface area contributed by atoms with Crippen molar-refractivity contribution in [2.75, 3.05) is 0 Å². The van der Waals surface area contributed by atoms with Crippen LogP contribution in [0.2, 0.25) is 0 Å². The van der Waals surface area contributed by atoms with Crippen molar-refractivity contribution in [1.82, 2.24) is 4.98 Å². The highest BCUT2D eigenvalue weighted by Gasteiger charge is 2.08. The maximum atomic E-state index is 13.4. The first-order valence-corrected chi connectivity index (χ1v) is 4.26. The molecule has 2 aromatic rings. The Morgan fingerprint density at radius 1 is 1.50 bits per heavy atom. The van der Waals surface area contributed by atoms with Gasteiger partial charge in [0.2, 0.25) is 0 Å². The number of nitrogens with one attached hydrogen (secondary N) is 2. The van der Waals surface area contributed by atoms with Gasteiger partial charge in [0.25, 0.3) is 0 Å². The number of aromatic nitrogens is 1. The second-order valence-electron chi connectivity index (χ2n) is 3.18. The minimum atomic E-state index is -0.278. The third-order valence-corrected chi connectivity index (χ3v) is 2.12. The van der Waals surface area contributed by atoms with E-state index in [1.807, 2.05) is 0 Å². The molecule has 0 saturated heterocycles. The molecule has 3 nitrogen and oxygen atoms in total. The fraction of sp³-hybridized carbons (Fsp3) is 0.100. The zero-order valence-electron chi connectivity index (χ0n) is 7.47. The first-order valence-electron chi connectivity index (χ1n) is 4.26. The van der Waals surface area contributed by atoms with E-state index in [4.69, 9.17) is 11.1 Å². The maximum absolute atomic E-state index is 13.4. The Balaban J connectivity index is 2.61. The first kappa shape index (κ1) is 8.74. The van der Waals surface area contributed by atoms with Gasteiger partial charge in [-0.1, -0.05) is 6.07 Å². The molecule has 2 rings (SSSR count). The third kappa shape index (κ3) is 1.35. The van der Waals surface area contributed by atoms with Crippen LogP contribution in [-0.4, -0.2) is 10.8 Å². The third-order valence-electron chi connectivity index (χ3n) is 2.12. The Morgan fingerprint density at radius 2 is 2.29 bits per heavy atom. The van der Waals surface area contributed by atoms with E-state index in [9.17, 15) is 4.39 Å². The van der Waals surface area contributed by atoms with Crippen LogP contribution in [0.3, 0.4) is 0 Å². The second-order valence-corrected chi connectivity index (χ2v) is 3.18. The van der Waals surface area contributed by atoms with E-state index in [0.29, 0.717) is 5.39 Å². The van der Waals surface area contributed by atoms with Gasteiger partial charge in [0.1, 0.15) is 5.82 Å². The SMILES string of the molecule is N=C(N)Cc1c[nH]c2cccc(F)c12. The van der Waals surface area contributed by atoms with Gasteiger partial charge in [-0.25, -0.2) is 4.39 Å². The van der Waals surface area contributed by atoms with E-state index in [2.05, 4.69) is 4.98 Å². The van der Waals surface area contributed by atoms with Crippen LogP contribution in [-0.2, 0) is 6.42 Å². The molecule has 72 valence electrons. The second kappa shape index (κ2) is 3.14. The lowest BCUT2D eigenvalue weighted by Gasteiger charge is -1.97. The number of hydrogen-bond acceptors (Lipinski definition) is 1. The minimum absolute atomic E-state index is 0.0363. The van der Waals surface area contributed by atoms with Gasteiger partial charge in [-0.05, 0) is 17.7 Å². The topological polar surface area (TPSA) is 65.7 Å². The molecule has 0 aliphatic carbocycles. The number of hydrogen-bond donors (Lipinski definition) is 3. The summed E-state index contributed by atoms with van der Waals surface area (Å²) in [6.07, 6.45) is 1.97. The summed E-state index contributed by atoms with van der Waals surface area (Å²) in [5.41, 5.74) is 6.74. The molecule has 14 heavy (non-hydrogen) atoms. The number of halogens is 1. The molecule has 1 aromatic carbocycles. The van der Waals surface area contributed by atoms with Gasteiger partial charge in [-0.3, -0.25) is 5.41 Å². The van der Waals surface area contributed by atoms with Crippen LogP contribution in [0.5, 0.6) is 0 Å². The largest absolute Gasteiger partial charge is 0.387 e.